The number of nitrogens with zero attached hydrogens (tertiary/aromatic N) is 3. The standard InChI is InChI=1S/C34H37N3O4S/c1-4-40-32(39)22-41-26-17-11-23(12-18-26)20-31(38)37-21-28-27-8-5-6-10-30(27)42-34(28)36-19-7-9-29(36)33(37)24-13-15-25(16-14-24)35(2)3/h7,9,11-19,33H,4-6,8,10,20-22H2,1-3H3. The molecule has 1 unspecified atom stereocenters. The van der Waals surface area contributed by atoms with Crippen molar-refractivity contribution in [3.05, 3.63) is 99.7 Å². The van der Waals surface area contributed by atoms with E-state index < -0.39 is 5.97 Å². The van der Waals surface area contributed by atoms with Crippen LogP contribution in [-0.4, -0.2) is 48.7 Å². The molecule has 2 aromatic carbocycles. The van der Waals surface area contributed by atoms with Gasteiger partial charge in [-0.25, -0.2) is 4.79 Å². The van der Waals surface area contributed by atoms with Crippen molar-refractivity contribution in [3.63, 3.8) is 0 Å². The summed E-state index contributed by atoms with van der Waals surface area (Å²) in [7, 11) is 4.08. The van der Waals surface area contributed by atoms with Crippen molar-refractivity contribution in [1.29, 1.82) is 0 Å². The fourth-order valence-corrected chi connectivity index (χ4v) is 7.46. The van der Waals surface area contributed by atoms with E-state index in [9.17, 15) is 9.59 Å². The summed E-state index contributed by atoms with van der Waals surface area (Å²) in [6.07, 6.45) is 7.05. The minimum Gasteiger partial charge on any atom is -0.482 e. The highest BCUT2D eigenvalue weighted by Gasteiger charge is 2.36. The van der Waals surface area contributed by atoms with E-state index >= 15 is 0 Å². The van der Waals surface area contributed by atoms with Gasteiger partial charge in [0, 0.05) is 43.0 Å². The fourth-order valence-electron chi connectivity index (χ4n) is 6.06. The highest BCUT2D eigenvalue weighted by molar-refractivity contribution is 7.15. The molecule has 0 bridgehead atoms. The summed E-state index contributed by atoms with van der Waals surface area (Å²) in [6.45, 7) is 2.53. The number of thiophene rings is 1. The Morgan fingerprint density at radius 1 is 0.976 bits per heavy atom. The molecule has 2 aromatic heterocycles. The van der Waals surface area contributed by atoms with Crippen LogP contribution in [0.4, 0.5) is 5.69 Å². The molecule has 0 saturated heterocycles. The molecule has 1 aliphatic heterocycles. The van der Waals surface area contributed by atoms with Gasteiger partial charge in [0.15, 0.2) is 6.61 Å². The first-order valence-electron chi connectivity index (χ1n) is 14.7. The number of aryl methyl sites for hydroxylation is 1. The first-order valence-corrected chi connectivity index (χ1v) is 15.5. The van der Waals surface area contributed by atoms with Gasteiger partial charge in [0.25, 0.3) is 0 Å². The molecule has 0 saturated carbocycles. The van der Waals surface area contributed by atoms with E-state index in [0.717, 1.165) is 35.3 Å². The predicted molar refractivity (Wildman–Crippen MR) is 166 cm³/mol. The van der Waals surface area contributed by atoms with E-state index in [-0.39, 0.29) is 25.0 Å². The summed E-state index contributed by atoms with van der Waals surface area (Å²) in [4.78, 5) is 31.6. The molecule has 0 N–H and O–H groups in total. The summed E-state index contributed by atoms with van der Waals surface area (Å²) in [5, 5.41) is 1.26. The van der Waals surface area contributed by atoms with Gasteiger partial charge >= 0.3 is 5.97 Å². The molecule has 2 aliphatic rings. The zero-order valence-corrected chi connectivity index (χ0v) is 25.3. The molecule has 218 valence electrons. The van der Waals surface area contributed by atoms with Crippen LogP contribution in [0.5, 0.6) is 5.75 Å². The number of esters is 1. The van der Waals surface area contributed by atoms with Crippen LogP contribution >= 0.6 is 11.3 Å². The zero-order valence-electron chi connectivity index (χ0n) is 24.5. The molecular weight excluding hydrogens is 546 g/mol. The lowest BCUT2D eigenvalue weighted by Gasteiger charge is -2.32. The Morgan fingerprint density at radius 3 is 2.48 bits per heavy atom. The molecule has 0 radical (unpaired) electrons. The summed E-state index contributed by atoms with van der Waals surface area (Å²) >= 11 is 1.90. The topological polar surface area (TPSA) is 64.0 Å². The van der Waals surface area contributed by atoms with Gasteiger partial charge in [0.2, 0.25) is 5.91 Å². The first-order chi connectivity index (χ1) is 20.4. The average Bonchev–Trinajstić information content (AvgIpc) is 3.59. The van der Waals surface area contributed by atoms with Gasteiger partial charge in [-0.2, -0.15) is 0 Å². The van der Waals surface area contributed by atoms with Gasteiger partial charge < -0.3 is 23.8 Å². The lowest BCUT2D eigenvalue weighted by Crippen LogP contribution is -2.36. The molecule has 1 amide bonds. The second kappa shape index (κ2) is 12.1. The lowest BCUT2D eigenvalue weighted by atomic mass is 9.94. The van der Waals surface area contributed by atoms with Crippen LogP contribution in [0.1, 0.15) is 58.6 Å². The van der Waals surface area contributed by atoms with Gasteiger partial charge in [-0.15, -0.1) is 11.3 Å². The Hall–Kier alpha value is -4.04. The van der Waals surface area contributed by atoms with Crippen molar-refractivity contribution >= 4 is 28.9 Å². The number of benzene rings is 2. The molecule has 1 aliphatic carbocycles. The number of amides is 1. The normalized spacial score (nSPS) is 15.7. The van der Waals surface area contributed by atoms with Crippen molar-refractivity contribution in [2.45, 2.75) is 51.6 Å². The number of carbonyl (C=O) groups excluding carboxylic acids is 2. The number of carbonyl (C=O) groups is 2. The van der Waals surface area contributed by atoms with Crippen LogP contribution in [0.15, 0.2) is 66.9 Å². The SMILES string of the molecule is CCOC(=O)COc1ccc(CC(=O)N2Cc3c(sc4c3CCCC4)-n3cccc3C2c2ccc(N(C)C)cc2)cc1. The quantitative estimate of drug-likeness (QED) is 0.235. The fraction of sp³-hybridized carbons (Fsp3) is 0.353. The second-order valence-corrected chi connectivity index (χ2v) is 12.2. The number of fused-ring (bicyclic) bond motifs is 5. The third-order valence-electron chi connectivity index (χ3n) is 8.17. The van der Waals surface area contributed by atoms with Crippen molar-refractivity contribution in [3.8, 4) is 10.8 Å². The van der Waals surface area contributed by atoms with E-state index in [4.69, 9.17) is 9.47 Å². The molecule has 7 nitrogen and oxygen atoms in total. The Balaban J connectivity index is 1.33. The van der Waals surface area contributed by atoms with Crippen molar-refractivity contribution < 1.29 is 19.1 Å². The highest BCUT2D eigenvalue weighted by atomic mass is 32.1. The Morgan fingerprint density at radius 2 is 1.74 bits per heavy atom. The maximum Gasteiger partial charge on any atom is 0.344 e. The van der Waals surface area contributed by atoms with Crippen LogP contribution in [-0.2, 0) is 40.1 Å². The first kappa shape index (κ1) is 28.1. The molecule has 8 heteroatoms. The molecule has 3 heterocycles. The van der Waals surface area contributed by atoms with Crippen LogP contribution in [0, 0.1) is 0 Å². The summed E-state index contributed by atoms with van der Waals surface area (Å²) in [5.41, 5.74) is 6.99. The number of ether oxygens (including phenoxy) is 2. The van der Waals surface area contributed by atoms with E-state index in [0.29, 0.717) is 18.9 Å². The van der Waals surface area contributed by atoms with Gasteiger partial charge in [0.05, 0.1) is 24.8 Å². The predicted octanol–water partition coefficient (Wildman–Crippen LogP) is 6.10. The highest BCUT2D eigenvalue weighted by Crippen LogP contribution is 2.44. The van der Waals surface area contributed by atoms with Crippen LogP contribution in [0.2, 0.25) is 0 Å². The van der Waals surface area contributed by atoms with E-state index in [2.05, 4.69) is 57.0 Å². The van der Waals surface area contributed by atoms with Crippen LogP contribution in [0.25, 0.3) is 5.00 Å². The zero-order chi connectivity index (χ0) is 29.2. The maximum atomic E-state index is 14.3. The smallest absolute Gasteiger partial charge is 0.344 e. The average molecular weight is 584 g/mol. The van der Waals surface area contributed by atoms with Gasteiger partial charge in [-0.1, -0.05) is 24.3 Å². The van der Waals surface area contributed by atoms with Crippen LogP contribution in [0.3, 0.4) is 0 Å². The molecule has 42 heavy (non-hydrogen) atoms. The number of aromatic nitrogens is 1. The van der Waals surface area contributed by atoms with Gasteiger partial charge in [0.1, 0.15) is 10.8 Å². The third kappa shape index (κ3) is 5.55. The number of hydrogen-bond acceptors (Lipinski definition) is 6. The number of rotatable bonds is 8. The van der Waals surface area contributed by atoms with Crippen LogP contribution < -0.4 is 9.64 Å². The maximum absolute atomic E-state index is 14.3. The van der Waals surface area contributed by atoms with Crippen molar-refractivity contribution in [2.24, 2.45) is 0 Å². The van der Waals surface area contributed by atoms with Crippen molar-refractivity contribution in [2.75, 3.05) is 32.2 Å². The van der Waals surface area contributed by atoms with E-state index in [1.54, 1.807) is 19.1 Å². The molecular formula is C34H37N3O4S. The molecule has 0 spiro atoms. The summed E-state index contributed by atoms with van der Waals surface area (Å²) < 4.78 is 12.8. The van der Waals surface area contributed by atoms with Gasteiger partial charge in [-0.05, 0) is 85.7 Å². The molecule has 4 aromatic rings. The molecule has 1 atom stereocenters. The summed E-state index contributed by atoms with van der Waals surface area (Å²) in [5.74, 6) is 0.246. The monoisotopic (exact) mass is 583 g/mol. The molecule has 6 rings (SSSR count). The number of anilines is 1. The van der Waals surface area contributed by atoms with E-state index in [1.807, 2.05) is 37.6 Å². The van der Waals surface area contributed by atoms with E-state index in [1.165, 1.54) is 33.8 Å². The minimum atomic E-state index is -0.401. The Kier molecular flexibility index (Phi) is 8.07. The molecule has 0 fully saturated rings. The Labute approximate surface area is 251 Å². The van der Waals surface area contributed by atoms with Gasteiger partial charge in [-0.3, -0.25) is 4.79 Å². The largest absolute Gasteiger partial charge is 0.482 e. The van der Waals surface area contributed by atoms with Crippen molar-refractivity contribution in [1.82, 2.24) is 9.47 Å². The third-order valence-corrected chi connectivity index (χ3v) is 9.50. The Bertz CT molecular complexity index is 1570. The minimum absolute atomic E-state index is 0.0771. The second-order valence-electron chi connectivity index (χ2n) is 11.1. The summed E-state index contributed by atoms with van der Waals surface area (Å²) in [6, 6.07) is 20.0. The lowest BCUT2D eigenvalue weighted by molar-refractivity contribution is -0.145. The number of hydrogen-bond donors (Lipinski definition) is 0.